The molecule has 0 aromatic heterocycles. The standard InChI is InChI=1S/C34H62N6O4S/c1-2-27-33(26-17-9-5-3-4-6-10-18-26)40(39-38-27)23-15-7-11-21-31(42)44-24-16-8-14-22-35-30(41)20-13-12-19-29-32-28(25-45-29)36-34(43)37-32/h26-29,32-33,38-39H,2-25H2,1H3,(H,35,41)(H2,36,37,43)/t27?,28-,29+,32-,33?/m0/s1. The summed E-state index contributed by atoms with van der Waals surface area (Å²) in [6, 6.07) is 1.54. The summed E-state index contributed by atoms with van der Waals surface area (Å²) in [5, 5.41) is 11.9. The summed E-state index contributed by atoms with van der Waals surface area (Å²) in [6.45, 7) is 4.46. The van der Waals surface area contributed by atoms with Crippen molar-refractivity contribution in [3.05, 3.63) is 0 Å². The van der Waals surface area contributed by atoms with E-state index < -0.39 is 0 Å². The molecule has 258 valence electrons. The molecule has 1 aliphatic carbocycles. The van der Waals surface area contributed by atoms with Gasteiger partial charge in [0.25, 0.3) is 0 Å². The molecule has 10 nitrogen and oxygen atoms in total. The van der Waals surface area contributed by atoms with E-state index in [2.05, 4.69) is 38.8 Å². The quantitative estimate of drug-likeness (QED) is 0.0723. The van der Waals surface area contributed by atoms with Gasteiger partial charge in [-0.15, -0.1) is 0 Å². The number of rotatable bonds is 19. The average molecular weight is 651 g/mol. The first-order chi connectivity index (χ1) is 22.0. The third kappa shape index (κ3) is 12.5. The van der Waals surface area contributed by atoms with E-state index in [1.54, 1.807) is 0 Å². The zero-order valence-corrected chi connectivity index (χ0v) is 28.7. The van der Waals surface area contributed by atoms with Crippen molar-refractivity contribution < 1.29 is 19.1 Å². The molecule has 0 bridgehead atoms. The number of hydrazine groups is 2. The molecule has 0 aromatic carbocycles. The number of fused-ring (bicyclic) bond motifs is 1. The van der Waals surface area contributed by atoms with Crippen LogP contribution in [0.3, 0.4) is 0 Å². The molecule has 5 atom stereocenters. The number of esters is 1. The molecule has 4 aliphatic rings. The summed E-state index contributed by atoms with van der Waals surface area (Å²) >= 11 is 1.92. The van der Waals surface area contributed by atoms with Gasteiger partial charge >= 0.3 is 12.0 Å². The Balaban J connectivity index is 0.945. The summed E-state index contributed by atoms with van der Waals surface area (Å²) in [5.41, 5.74) is 7.05. The van der Waals surface area contributed by atoms with Crippen molar-refractivity contribution >= 4 is 29.7 Å². The Kier molecular flexibility index (Phi) is 16.6. The van der Waals surface area contributed by atoms with Gasteiger partial charge in [0, 0.05) is 49.0 Å². The van der Waals surface area contributed by atoms with E-state index in [9.17, 15) is 14.4 Å². The Labute approximate surface area is 276 Å². The van der Waals surface area contributed by atoms with E-state index in [1.807, 2.05) is 11.8 Å². The zero-order valence-electron chi connectivity index (χ0n) is 27.9. The van der Waals surface area contributed by atoms with Gasteiger partial charge < -0.3 is 20.7 Å². The summed E-state index contributed by atoms with van der Waals surface area (Å²) in [4.78, 5) is 35.9. The van der Waals surface area contributed by atoms with E-state index in [-0.39, 0.29) is 30.0 Å². The van der Waals surface area contributed by atoms with E-state index >= 15 is 0 Å². The fraction of sp³-hybridized carbons (Fsp3) is 0.912. The molecule has 0 spiro atoms. The highest BCUT2D eigenvalue weighted by molar-refractivity contribution is 8.00. The molecule has 0 aromatic rings. The Bertz CT molecular complexity index is 887. The lowest BCUT2D eigenvalue weighted by Crippen LogP contribution is -2.44. The predicted octanol–water partition coefficient (Wildman–Crippen LogP) is 5.32. The summed E-state index contributed by atoms with van der Waals surface area (Å²) in [6.07, 6.45) is 21.8. The molecule has 4 fully saturated rings. The molecular formula is C34H62N6O4S. The Hall–Kier alpha value is -1.56. The predicted molar refractivity (Wildman–Crippen MR) is 182 cm³/mol. The molecular weight excluding hydrogens is 588 g/mol. The van der Waals surface area contributed by atoms with Gasteiger partial charge in [0.2, 0.25) is 5.91 Å². The number of unbranched alkanes of at least 4 members (excludes halogenated alkanes) is 5. The second-order valence-electron chi connectivity index (χ2n) is 13.7. The van der Waals surface area contributed by atoms with Crippen molar-refractivity contribution in [3.63, 3.8) is 0 Å². The van der Waals surface area contributed by atoms with Crippen molar-refractivity contribution in [1.29, 1.82) is 0 Å². The van der Waals surface area contributed by atoms with Gasteiger partial charge in [-0.25, -0.2) is 15.2 Å². The first-order valence-electron chi connectivity index (χ1n) is 18.4. The normalized spacial score (nSPS) is 27.7. The maximum atomic E-state index is 12.2. The number of urea groups is 1. The van der Waals surface area contributed by atoms with Gasteiger partial charge in [0.05, 0.1) is 18.7 Å². The molecule has 2 unspecified atom stereocenters. The van der Waals surface area contributed by atoms with Crippen LogP contribution in [0.4, 0.5) is 4.79 Å². The number of thioether (sulfide) groups is 1. The molecule has 3 amide bonds. The average Bonchev–Trinajstić information content (AvgIpc) is 3.74. The van der Waals surface area contributed by atoms with Crippen LogP contribution in [0.1, 0.15) is 135 Å². The molecule has 3 aliphatic heterocycles. The van der Waals surface area contributed by atoms with Crippen molar-refractivity contribution in [3.8, 4) is 0 Å². The SMILES string of the molecule is CCC1NNN(CCCCCC(=O)OCCCCCNC(=O)CCCC[C@H]2SC[C@@H]3NC(=O)N[C@@H]32)C1C1CCCCCCCC1. The van der Waals surface area contributed by atoms with Crippen LogP contribution in [0.15, 0.2) is 0 Å². The number of nitrogens with zero attached hydrogens (tertiary/aromatic N) is 1. The highest BCUT2D eigenvalue weighted by Crippen LogP contribution is 2.33. The van der Waals surface area contributed by atoms with Gasteiger partial charge in [-0.3, -0.25) is 9.59 Å². The zero-order chi connectivity index (χ0) is 31.7. The Morgan fingerprint density at radius 2 is 1.67 bits per heavy atom. The number of hydrogen-bond donors (Lipinski definition) is 5. The third-order valence-corrected chi connectivity index (χ3v) is 11.8. The Morgan fingerprint density at radius 1 is 0.911 bits per heavy atom. The number of ether oxygens (including phenoxy) is 1. The van der Waals surface area contributed by atoms with Crippen LogP contribution in [-0.4, -0.2) is 77.8 Å². The topological polar surface area (TPSA) is 124 Å². The van der Waals surface area contributed by atoms with Crippen molar-refractivity contribution in [1.82, 2.24) is 31.9 Å². The second kappa shape index (κ2) is 20.6. The highest BCUT2D eigenvalue weighted by Gasteiger charge is 2.42. The van der Waals surface area contributed by atoms with Gasteiger partial charge in [0.15, 0.2) is 0 Å². The van der Waals surface area contributed by atoms with Crippen LogP contribution in [0, 0.1) is 5.92 Å². The highest BCUT2D eigenvalue weighted by atomic mass is 32.2. The molecule has 5 N–H and O–H groups in total. The summed E-state index contributed by atoms with van der Waals surface area (Å²) in [5.74, 6) is 1.77. The maximum absolute atomic E-state index is 12.2. The van der Waals surface area contributed by atoms with E-state index in [4.69, 9.17) is 4.74 Å². The minimum Gasteiger partial charge on any atom is -0.466 e. The smallest absolute Gasteiger partial charge is 0.315 e. The molecule has 4 rings (SSSR count). The molecule has 45 heavy (non-hydrogen) atoms. The lowest BCUT2D eigenvalue weighted by molar-refractivity contribution is -0.143. The lowest BCUT2D eigenvalue weighted by Gasteiger charge is -2.33. The minimum atomic E-state index is -0.0862. The fourth-order valence-electron chi connectivity index (χ4n) is 7.66. The van der Waals surface area contributed by atoms with E-state index in [1.165, 1.54) is 51.4 Å². The molecule has 3 heterocycles. The fourth-order valence-corrected chi connectivity index (χ4v) is 9.20. The van der Waals surface area contributed by atoms with Crippen LogP contribution in [0.5, 0.6) is 0 Å². The van der Waals surface area contributed by atoms with Crippen LogP contribution in [0.25, 0.3) is 0 Å². The number of carbonyl (C=O) groups is 3. The first-order valence-corrected chi connectivity index (χ1v) is 19.5. The van der Waals surface area contributed by atoms with Gasteiger partial charge in [0.1, 0.15) is 0 Å². The number of carbonyl (C=O) groups excluding carboxylic acids is 3. The van der Waals surface area contributed by atoms with Crippen LogP contribution < -0.4 is 26.9 Å². The summed E-state index contributed by atoms with van der Waals surface area (Å²) in [7, 11) is 0. The van der Waals surface area contributed by atoms with E-state index in [0.29, 0.717) is 43.3 Å². The van der Waals surface area contributed by atoms with Crippen molar-refractivity contribution in [2.45, 2.75) is 165 Å². The third-order valence-electron chi connectivity index (χ3n) is 10.3. The van der Waals surface area contributed by atoms with Gasteiger partial charge in [-0.1, -0.05) is 58.3 Å². The largest absolute Gasteiger partial charge is 0.466 e. The molecule has 11 heteroatoms. The summed E-state index contributed by atoms with van der Waals surface area (Å²) < 4.78 is 5.46. The van der Waals surface area contributed by atoms with Crippen LogP contribution in [0.2, 0.25) is 0 Å². The molecule has 0 radical (unpaired) electrons. The molecule has 1 saturated carbocycles. The number of nitrogens with one attached hydrogen (secondary N) is 5. The van der Waals surface area contributed by atoms with Crippen molar-refractivity contribution in [2.24, 2.45) is 5.92 Å². The van der Waals surface area contributed by atoms with Gasteiger partial charge in [-0.05, 0) is 70.1 Å². The van der Waals surface area contributed by atoms with Gasteiger partial charge in [-0.2, -0.15) is 17.3 Å². The Morgan fingerprint density at radius 3 is 2.47 bits per heavy atom. The number of hydrogen-bond acceptors (Lipinski definition) is 8. The van der Waals surface area contributed by atoms with Crippen molar-refractivity contribution in [2.75, 3.05) is 25.4 Å². The van der Waals surface area contributed by atoms with E-state index in [0.717, 1.165) is 82.4 Å². The second-order valence-corrected chi connectivity index (χ2v) is 15.0. The van der Waals surface area contributed by atoms with Crippen LogP contribution in [-0.2, 0) is 14.3 Å². The monoisotopic (exact) mass is 650 g/mol. The lowest BCUT2D eigenvalue weighted by atomic mass is 9.84. The van der Waals surface area contributed by atoms with Crippen LogP contribution >= 0.6 is 11.8 Å². The maximum Gasteiger partial charge on any atom is 0.315 e. The minimum absolute atomic E-state index is 0.0456. The number of amides is 3. The first kappa shape index (κ1) is 36.3. The molecule has 3 saturated heterocycles.